The highest BCUT2D eigenvalue weighted by molar-refractivity contribution is 7.25. The lowest BCUT2D eigenvalue weighted by Gasteiger charge is -2.13. The van der Waals surface area contributed by atoms with E-state index in [1.54, 1.807) is 12.5 Å². The number of hydrogen-bond donors (Lipinski definition) is 0. The molecule has 6 nitrogen and oxygen atoms in total. The standard InChI is InChI=1S/C18H21N5OS/c1-6-7-13(21-11(2)3)23-10-20-15-14-12(22(4)5)8-9-19-17(14)25-16(15)18(23)24/h6-11H,1-5H3/b7-6-,21-13?. The molecule has 130 valence electrons. The van der Waals surface area contributed by atoms with Crippen LogP contribution in [0.2, 0.25) is 0 Å². The third kappa shape index (κ3) is 3.07. The van der Waals surface area contributed by atoms with E-state index in [0.717, 1.165) is 15.9 Å². The smallest absolute Gasteiger partial charge is 0.277 e. The van der Waals surface area contributed by atoms with E-state index in [1.165, 1.54) is 15.9 Å². The molecular formula is C18H21N5OS. The second-order valence-corrected chi connectivity index (χ2v) is 7.18. The number of hydrogen-bond acceptors (Lipinski definition) is 6. The third-order valence-electron chi connectivity index (χ3n) is 3.69. The van der Waals surface area contributed by atoms with Gasteiger partial charge in [0.1, 0.15) is 27.2 Å². The van der Waals surface area contributed by atoms with Gasteiger partial charge in [0.2, 0.25) is 0 Å². The van der Waals surface area contributed by atoms with Gasteiger partial charge < -0.3 is 4.90 Å². The Morgan fingerprint density at radius 1 is 1.36 bits per heavy atom. The van der Waals surface area contributed by atoms with Crippen LogP contribution in [0.1, 0.15) is 20.8 Å². The van der Waals surface area contributed by atoms with E-state index in [1.807, 2.05) is 58.0 Å². The highest BCUT2D eigenvalue weighted by Crippen LogP contribution is 2.34. The number of nitrogens with zero attached hydrogens (tertiary/aromatic N) is 5. The molecule has 3 heterocycles. The highest BCUT2D eigenvalue weighted by Gasteiger charge is 2.17. The van der Waals surface area contributed by atoms with Gasteiger partial charge in [0, 0.05) is 26.3 Å². The first-order valence-corrected chi connectivity index (χ1v) is 8.92. The van der Waals surface area contributed by atoms with Gasteiger partial charge in [0.15, 0.2) is 0 Å². The Hall–Kier alpha value is -2.54. The molecule has 3 aromatic rings. The van der Waals surface area contributed by atoms with E-state index >= 15 is 0 Å². The molecule has 0 aliphatic rings. The molecule has 0 spiro atoms. The summed E-state index contributed by atoms with van der Waals surface area (Å²) in [5.41, 5.74) is 1.59. The molecule has 0 unspecified atom stereocenters. The van der Waals surface area contributed by atoms with Crippen molar-refractivity contribution in [1.82, 2.24) is 14.5 Å². The molecule has 0 radical (unpaired) electrons. The number of anilines is 1. The van der Waals surface area contributed by atoms with Crippen LogP contribution in [0.5, 0.6) is 0 Å². The van der Waals surface area contributed by atoms with E-state index in [0.29, 0.717) is 16.1 Å². The summed E-state index contributed by atoms with van der Waals surface area (Å²) in [6.07, 6.45) is 7.02. The topological polar surface area (TPSA) is 63.4 Å². The van der Waals surface area contributed by atoms with Gasteiger partial charge in [0.25, 0.3) is 5.56 Å². The number of pyridine rings is 1. The number of aromatic nitrogens is 3. The third-order valence-corrected chi connectivity index (χ3v) is 4.77. The molecule has 0 fully saturated rings. The fraction of sp³-hybridized carbons (Fsp3) is 0.333. The monoisotopic (exact) mass is 355 g/mol. The molecule has 0 aliphatic heterocycles. The zero-order valence-electron chi connectivity index (χ0n) is 15.0. The maximum atomic E-state index is 13.1. The number of aliphatic imine (C=N–C) groups is 1. The molecular weight excluding hydrogens is 334 g/mol. The minimum absolute atomic E-state index is 0.0817. The van der Waals surface area contributed by atoms with E-state index < -0.39 is 0 Å². The number of allylic oxidation sites excluding steroid dienone is 2. The van der Waals surface area contributed by atoms with Gasteiger partial charge in [0.05, 0.1) is 11.1 Å². The van der Waals surface area contributed by atoms with Crippen LogP contribution in [0.4, 0.5) is 5.69 Å². The predicted molar refractivity (Wildman–Crippen MR) is 106 cm³/mol. The Morgan fingerprint density at radius 2 is 2.12 bits per heavy atom. The Morgan fingerprint density at radius 3 is 2.76 bits per heavy atom. The summed E-state index contributed by atoms with van der Waals surface area (Å²) in [7, 11) is 3.94. The number of thiophene rings is 1. The largest absolute Gasteiger partial charge is 0.377 e. The van der Waals surface area contributed by atoms with Crippen LogP contribution in [0.15, 0.2) is 40.5 Å². The molecule has 3 rings (SSSR count). The van der Waals surface area contributed by atoms with Crippen molar-refractivity contribution in [3.63, 3.8) is 0 Å². The molecule has 0 bridgehead atoms. The van der Waals surface area contributed by atoms with Gasteiger partial charge in [-0.25, -0.2) is 14.5 Å². The molecule has 3 aromatic heterocycles. The van der Waals surface area contributed by atoms with E-state index in [4.69, 9.17) is 0 Å². The predicted octanol–water partition coefficient (Wildman–Crippen LogP) is 3.30. The summed E-state index contributed by atoms with van der Waals surface area (Å²) < 4.78 is 2.10. The average molecular weight is 355 g/mol. The summed E-state index contributed by atoms with van der Waals surface area (Å²) in [4.78, 5) is 29.4. The van der Waals surface area contributed by atoms with Crippen molar-refractivity contribution in [2.45, 2.75) is 26.8 Å². The highest BCUT2D eigenvalue weighted by atomic mass is 32.1. The zero-order valence-corrected chi connectivity index (χ0v) is 15.8. The fourth-order valence-corrected chi connectivity index (χ4v) is 3.72. The summed E-state index contributed by atoms with van der Waals surface area (Å²) in [6, 6.07) is 2.02. The minimum Gasteiger partial charge on any atom is -0.377 e. The Kier molecular flexibility index (Phi) is 4.67. The van der Waals surface area contributed by atoms with E-state index in [2.05, 4.69) is 15.0 Å². The Balaban J connectivity index is 2.34. The molecule has 25 heavy (non-hydrogen) atoms. The number of fused-ring (bicyclic) bond motifs is 3. The molecule has 0 saturated carbocycles. The first-order chi connectivity index (χ1) is 11.9. The molecule has 0 aliphatic carbocycles. The lowest BCUT2D eigenvalue weighted by molar-refractivity contribution is 0.823. The van der Waals surface area contributed by atoms with E-state index in [-0.39, 0.29) is 11.6 Å². The van der Waals surface area contributed by atoms with Crippen LogP contribution < -0.4 is 10.5 Å². The molecule has 0 amide bonds. The second-order valence-electron chi connectivity index (χ2n) is 6.19. The summed E-state index contributed by atoms with van der Waals surface area (Å²) in [6.45, 7) is 5.86. The van der Waals surface area contributed by atoms with Crippen molar-refractivity contribution in [1.29, 1.82) is 0 Å². The van der Waals surface area contributed by atoms with Crippen LogP contribution >= 0.6 is 11.3 Å². The first kappa shape index (κ1) is 17.3. The van der Waals surface area contributed by atoms with Gasteiger partial charge >= 0.3 is 0 Å². The molecule has 0 saturated heterocycles. The maximum absolute atomic E-state index is 13.1. The Bertz CT molecular complexity index is 1040. The Labute approximate surface area is 150 Å². The van der Waals surface area contributed by atoms with Crippen LogP contribution in [0, 0.1) is 0 Å². The fourth-order valence-electron chi connectivity index (χ4n) is 2.67. The zero-order chi connectivity index (χ0) is 18.1. The van der Waals surface area contributed by atoms with Crippen LogP contribution in [0.3, 0.4) is 0 Å². The van der Waals surface area contributed by atoms with Crippen molar-refractivity contribution < 1.29 is 0 Å². The molecule has 0 atom stereocenters. The normalized spacial score (nSPS) is 12.8. The average Bonchev–Trinajstić information content (AvgIpc) is 2.94. The van der Waals surface area contributed by atoms with E-state index in [9.17, 15) is 4.79 Å². The van der Waals surface area contributed by atoms with Gasteiger partial charge in [-0.1, -0.05) is 6.08 Å². The van der Waals surface area contributed by atoms with Crippen LogP contribution in [-0.2, 0) is 0 Å². The minimum atomic E-state index is -0.116. The van der Waals surface area contributed by atoms with Crippen molar-refractivity contribution in [3.05, 3.63) is 41.1 Å². The SMILES string of the molecule is C/C=C\C(=NC(C)C)n1cnc2c(sc3nccc(N(C)C)c32)c1=O. The molecule has 0 N–H and O–H groups in total. The second kappa shape index (κ2) is 6.76. The van der Waals surface area contributed by atoms with Crippen molar-refractivity contribution in [2.75, 3.05) is 19.0 Å². The quantitative estimate of drug-likeness (QED) is 0.534. The van der Waals surface area contributed by atoms with Crippen molar-refractivity contribution >= 4 is 43.3 Å². The lowest BCUT2D eigenvalue weighted by atomic mass is 10.2. The first-order valence-electron chi connectivity index (χ1n) is 8.11. The van der Waals surface area contributed by atoms with Gasteiger partial charge in [-0.3, -0.25) is 9.79 Å². The summed E-state index contributed by atoms with van der Waals surface area (Å²) in [5.74, 6) is 0.593. The maximum Gasteiger partial charge on any atom is 0.277 e. The molecule has 0 aromatic carbocycles. The summed E-state index contributed by atoms with van der Waals surface area (Å²) in [5, 5.41) is 0.921. The molecule has 7 heteroatoms. The van der Waals surface area contributed by atoms with Crippen LogP contribution in [-0.4, -0.2) is 40.5 Å². The van der Waals surface area contributed by atoms with Gasteiger partial charge in [-0.15, -0.1) is 11.3 Å². The van der Waals surface area contributed by atoms with Gasteiger partial charge in [-0.2, -0.15) is 0 Å². The van der Waals surface area contributed by atoms with Crippen molar-refractivity contribution in [2.24, 2.45) is 4.99 Å². The lowest BCUT2D eigenvalue weighted by Crippen LogP contribution is -2.26. The van der Waals surface area contributed by atoms with Crippen molar-refractivity contribution in [3.8, 4) is 0 Å². The van der Waals surface area contributed by atoms with Crippen LogP contribution in [0.25, 0.3) is 20.4 Å². The van der Waals surface area contributed by atoms with Gasteiger partial charge in [-0.05, 0) is 32.9 Å². The number of rotatable bonds is 3. The summed E-state index contributed by atoms with van der Waals surface area (Å²) >= 11 is 1.38.